The van der Waals surface area contributed by atoms with Crippen LogP contribution in [0.5, 0.6) is 11.5 Å². The molecule has 1 N–H and O–H groups in total. The van der Waals surface area contributed by atoms with Gasteiger partial charge in [0.15, 0.2) is 0 Å². The number of benzene rings is 2. The van der Waals surface area contributed by atoms with E-state index in [9.17, 15) is 4.79 Å². The fourth-order valence-electron chi connectivity index (χ4n) is 4.51. The van der Waals surface area contributed by atoms with Gasteiger partial charge in [0, 0.05) is 5.41 Å². The van der Waals surface area contributed by atoms with Crippen molar-refractivity contribution in [2.45, 2.75) is 50.0 Å². The van der Waals surface area contributed by atoms with Gasteiger partial charge in [0.2, 0.25) is 0 Å². The minimum absolute atomic E-state index is 0.0380. The van der Waals surface area contributed by atoms with Crippen molar-refractivity contribution in [2.75, 3.05) is 19.8 Å². The highest BCUT2D eigenvalue weighted by atomic mass is 16.5. The molecule has 1 aliphatic carbocycles. The van der Waals surface area contributed by atoms with Gasteiger partial charge in [-0.2, -0.15) is 0 Å². The first-order valence-corrected chi connectivity index (χ1v) is 10.3. The standard InChI is InChI=1S/C24H28O5/c1-18-5-7-20(8-6-18)29-21-4-2-3-19(15-21)23-9-11-24(12-10-23,28-17-23)13-14-27-16-22(25)26/h2-8,15H,9-14,16-17H2,1H3,(H,25,26). The number of aliphatic carboxylic acids is 1. The summed E-state index contributed by atoms with van der Waals surface area (Å²) in [7, 11) is 0. The lowest BCUT2D eigenvalue weighted by molar-refractivity contribution is -0.168. The summed E-state index contributed by atoms with van der Waals surface area (Å²) >= 11 is 0. The summed E-state index contributed by atoms with van der Waals surface area (Å²) in [6.07, 6.45) is 4.85. The molecule has 3 fully saturated rings. The van der Waals surface area contributed by atoms with Crippen LogP contribution in [0.2, 0.25) is 0 Å². The lowest BCUT2D eigenvalue weighted by Crippen LogP contribution is -2.53. The molecule has 3 aliphatic rings. The molecule has 0 unspecified atom stereocenters. The van der Waals surface area contributed by atoms with E-state index in [1.807, 2.05) is 30.3 Å². The van der Waals surface area contributed by atoms with Crippen LogP contribution in [-0.4, -0.2) is 36.5 Å². The van der Waals surface area contributed by atoms with E-state index >= 15 is 0 Å². The Morgan fingerprint density at radius 2 is 1.83 bits per heavy atom. The molecule has 2 aromatic rings. The molecule has 5 heteroatoms. The maximum Gasteiger partial charge on any atom is 0.329 e. The van der Waals surface area contributed by atoms with Crippen molar-refractivity contribution in [1.29, 1.82) is 0 Å². The van der Waals surface area contributed by atoms with E-state index in [-0.39, 0.29) is 17.6 Å². The average Bonchev–Trinajstić information content (AvgIpc) is 2.74. The van der Waals surface area contributed by atoms with Crippen LogP contribution in [0.25, 0.3) is 0 Å². The number of rotatable bonds is 8. The van der Waals surface area contributed by atoms with Gasteiger partial charge in [-0.05, 0) is 68.9 Å². The monoisotopic (exact) mass is 396 g/mol. The first kappa shape index (κ1) is 19.9. The zero-order valence-corrected chi connectivity index (χ0v) is 16.9. The lowest BCUT2D eigenvalue weighted by atomic mass is 9.62. The first-order chi connectivity index (χ1) is 14.0. The Bertz CT molecular complexity index is 833. The highest BCUT2D eigenvalue weighted by Gasteiger charge is 2.50. The summed E-state index contributed by atoms with van der Waals surface area (Å²) < 4.78 is 17.6. The minimum Gasteiger partial charge on any atom is -0.480 e. The fourth-order valence-corrected chi connectivity index (χ4v) is 4.51. The molecule has 5 rings (SSSR count). The largest absolute Gasteiger partial charge is 0.480 e. The molecule has 154 valence electrons. The maximum atomic E-state index is 10.6. The predicted octanol–water partition coefficient (Wildman–Crippen LogP) is 4.86. The van der Waals surface area contributed by atoms with Gasteiger partial charge in [-0.3, -0.25) is 0 Å². The molecule has 0 spiro atoms. The Morgan fingerprint density at radius 3 is 2.48 bits per heavy atom. The number of fused-ring (bicyclic) bond motifs is 3. The van der Waals surface area contributed by atoms with E-state index in [1.54, 1.807) is 0 Å². The molecule has 5 nitrogen and oxygen atoms in total. The Hall–Kier alpha value is -2.37. The topological polar surface area (TPSA) is 65.0 Å². The zero-order chi connectivity index (χ0) is 20.3. The van der Waals surface area contributed by atoms with Crippen LogP contribution in [0.1, 0.15) is 43.2 Å². The molecule has 2 saturated heterocycles. The number of aryl methyl sites for hydroxylation is 1. The Kier molecular flexibility index (Phi) is 5.61. The average molecular weight is 396 g/mol. The van der Waals surface area contributed by atoms with E-state index in [0.29, 0.717) is 13.2 Å². The third-order valence-corrected chi connectivity index (χ3v) is 6.40. The molecule has 2 bridgehead atoms. The number of carboxylic acids is 1. The lowest BCUT2D eigenvalue weighted by Gasteiger charge is -2.53. The Morgan fingerprint density at radius 1 is 1.07 bits per heavy atom. The van der Waals surface area contributed by atoms with E-state index in [2.05, 4.69) is 25.1 Å². The van der Waals surface area contributed by atoms with E-state index in [4.69, 9.17) is 19.3 Å². The van der Waals surface area contributed by atoms with Crippen LogP contribution >= 0.6 is 0 Å². The quantitative estimate of drug-likeness (QED) is 0.646. The van der Waals surface area contributed by atoms with Crippen molar-refractivity contribution < 1.29 is 24.1 Å². The van der Waals surface area contributed by atoms with Gasteiger partial charge in [0.25, 0.3) is 0 Å². The van der Waals surface area contributed by atoms with Crippen LogP contribution in [0.3, 0.4) is 0 Å². The third kappa shape index (κ3) is 4.46. The van der Waals surface area contributed by atoms with Gasteiger partial charge in [0.1, 0.15) is 18.1 Å². The third-order valence-electron chi connectivity index (χ3n) is 6.40. The summed E-state index contributed by atoms with van der Waals surface area (Å²) in [6.45, 7) is 2.95. The molecule has 0 radical (unpaired) electrons. The normalized spacial score (nSPS) is 25.7. The van der Waals surface area contributed by atoms with Gasteiger partial charge in [0.05, 0.1) is 18.8 Å². The molecule has 29 heavy (non-hydrogen) atoms. The van der Waals surface area contributed by atoms with Crippen molar-refractivity contribution in [3.63, 3.8) is 0 Å². The predicted molar refractivity (Wildman–Crippen MR) is 110 cm³/mol. The second-order valence-electron chi connectivity index (χ2n) is 8.39. The van der Waals surface area contributed by atoms with Crippen LogP contribution in [0.15, 0.2) is 48.5 Å². The Labute approximate surface area is 171 Å². The summed E-state index contributed by atoms with van der Waals surface area (Å²) in [4.78, 5) is 10.6. The van der Waals surface area contributed by atoms with Gasteiger partial charge in [-0.1, -0.05) is 29.8 Å². The van der Waals surface area contributed by atoms with Crippen LogP contribution in [-0.2, 0) is 19.7 Å². The molecular formula is C24H28O5. The summed E-state index contributed by atoms with van der Waals surface area (Å²) in [6, 6.07) is 16.5. The molecule has 2 aliphatic heterocycles. The molecular weight excluding hydrogens is 368 g/mol. The van der Waals surface area contributed by atoms with Crippen molar-refractivity contribution in [3.05, 3.63) is 59.7 Å². The first-order valence-electron chi connectivity index (χ1n) is 10.3. The van der Waals surface area contributed by atoms with E-state index < -0.39 is 5.97 Å². The van der Waals surface area contributed by atoms with E-state index in [0.717, 1.165) is 43.6 Å². The van der Waals surface area contributed by atoms with Gasteiger partial charge in [-0.15, -0.1) is 0 Å². The number of ether oxygens (including phenoxy) is 3. The molecule has 0 atom stereocenters. The van der Waals surface area contributed by atoms with Gasteiger partial charge >= 0.3 is 5.97 Å². The van der Waals surface area contributed by atoms with Crippen LogP contribution < -0.4 is 4.74 Å². The Balaban J connectivity index is 1.40. The van der Waals surface area contributed by atoms with Crippen molar-refractivity contribution in [2.24, 2.45) is 0 Å². The second kappa shape index (κ2) is 8.17. The van der Waals surface area contributed by atoms with Crippen molar-refractivity contribution in [3.8, 4) is 11.5 Å². The molecule has 0 aromatic heterocycles. The second-order valence-corrected chi connectivity index (χ2v) is 8.39. The van der Waals surface area contributed by atoms with Gasteiger partial charge in [-0.25, -0.2) is 4.79 Å². The maximum absolute atomic E-state index is 10.6. The van der Waals surface area contributed by atoms with E-state index in [1.165, 1.54) is 11.1 Å². The number of carbonyl (C=O) groups is 1. The van der Waals surface area contributed by atoms with Crippen LogP contribution in [0.4, 0.5) is 0 Å². The summed E-state index contributed by atoms with van der Waals surface area (Å²) in [5.41, 5.74) is 2.37. The molecule has 2 heterocycles. The highest BCUT2D eigenvalue weighted by molar-refractivity contribution is 5.67. The molecule has 0 amide bonds. The van der Waals surface area contributed by atoms with Crippen LogP contribution in [0, 0.1) is 6.92 Å². The zero-order valence-electron chi connectivity index (χ0n) is 16.9. The minimum atomic E-state index is -0.928. The fraction of sp³-hybridized carbons (Fsp3) is 0.458. The summed E-state index contributed by atoms with van der Waals surface area (Å²) in [5.74, 6) is 0.766. The van der Waals surface area contributed by atoms with Gasteiger partial charge < -0.3 is 19.3 Å². The van der Waals surface area contributed by atoms with Crippen molar-refractivity contribution in [1.82, 2.24) is 0 Å². The highest BCUT2D eigenvalue weighted by Crippen LogP contribution is 2.52. The number of hydrogen-bond donors (Lipinski definition) is 1. The SMILES string of the molecule is Cc1ccc(Oc2cccc(C34CCC(CCOCC(=O)O)(CC3)OC4)c2)cc1. The number of carboxylic acid groups (broad SMARTS) is 1. The van der Waals surface area contributed by atoms with Crippen molar-refractivity contribution >= 4 is 5.97 Å². The smallest absolute Gasteiger partial charge is 0.329 e. The molecule has 1 saturated carbocycles. The number of hydrogen-bond acceptors (Lipinski definition) is 4. The summed E-state index contributed by atoms with van der Waals surface area (Å²) in [5, 5.41) is 8.70. The molecule has 2 aromatic carbocycles.